The Bertz CT molecular complexity index is 582. The first kappa shape index (κ1) is 15.5. The topological polar surface area (TPSA) is 64.3 Å². The van der Waals surface area contributed by atoms with Gasteiger partial charge in [-0.05, 0) is 28.8 Å². The van der Waals surface area contributed by atoms with Gasteiger partial charge in [0.2, 0.25) is 5.91 Å². The van der Waals surface area contributed by atoms with Crippen LogP contribution in [0.25, 0.3) is 0 Å². The predicted octanol–water partition coefficient (Wildman–Crippen LogP) is 2.59. The van der Waals surface area contributed by atoms with Gasteiger partial charge >= 0.3 is 0 Å². The Morgan fingerprint density at radius 3 is 1.95 bits per heavy atom. The molecule has 0 aliphatic heterocycles. The van der Waals surface area contributed by atoms with Crippen molar-refractivity contribution >= 4 is 17.5 Å². The second-order valence-electron chi connectivity index (χ2n) is 4.68. The fourth-order valence-corrected chi connectivity index (χ4v) is 1.98. The van der Waals surface area contributed by atoms with Gasteiger partial charge in [0.1, 0.15) is 0 Å². The number of benzene rings is 2. The van der Waals surface area contributed by atoms with Crippen molar-refractivity contribution in [1.82, 2.24) is 5.43 Å². The predicted molar refractivity (Wildman–Crippen MR) is 82.4 cm³/mol. The van der Waals surface area contributed by atoms with Crippen molar-refractivity contribution in [2.45, 2.75) is 19.6 Å². The molecule has 0 atom stereocenters. The van der Waals surface area contributed by atoms with E-state index in [9.17, 15) is 4.79 Å². The lowest BCUT2D eigenvalue weighted by atomic mass is 10.1. The van der Waals surface area contributed by atoms with E-state index in [-0.39, 0.29) is 12.3 Å². The van der Waals surface area contributed by atoms with Crippen LogP contribution in [0.3, 0.4) is 0 Å². The molecule has 0 bridgehead atoms. The van der Waals surface area contributed by atoms with Crippen LogP contribution in [0.1, 0.15) is 16.7 Å². The fraction of sp³-hybridized carbons (Fsp3) is 0.188. The summed E-state index contributed by atoms with van der Waals surface area (Å²) in [6.07, 6.45) is 0.280. The molecule has 0 radical (unpaired) electrons. The first-order valence-corrected chi connectivity index (χ1v) is 6.94. The molecule has 0 heterocycles. The zero-order chi connectivity index (χ0) is 15.1. The van der Waals surface area contributed by atoms with Crippen molar-refractivity contribution in [2.24, 2.45) is 5.84 Å². The van der Waals surface area contributed by atoms with Crippen molar-refractivity contribution in [1.29, 1.82) is 0 Å². The van der Waals surface area contributed by atoms with E-state index < -0.39 is 0 Å². The number of carbonyl (C=O) groups excluding carboxylic acids is 1. The van der Waals surface area contributed by atoms with Crippen LogP contribution in [0, 0.1) is 0 Å². The van der Waals surface area contributed by atoms with Crippen LogP contribution < -0.4 is 11.3 Å². The number of halogens is 1. The Hall–Kier alpha value is -1.88. The molecule has 2 rings (SSSR count). The number of carbonyl (C=O) groups is 1. The lowest BCUT2D eigenvalue weighted by molar-refractivity contribution is -0.120. The maximum atomic E-state index is 11.1. The lowest BCUT2D eigenvalue weighted by Crippen LogP contribution is -2.31. The minimum atomic E-state index is -0.207. The van der Waals surface area contributed by atoms with Crippen LogP contribution in [-0.2, 0) is 29.2 Å². The van der Waals surface area contributed by atoms with Crippen molar-refractivity contribution in [3.8, 4) is 0 Å². The smallest absolute Gasteiger partial charge is 0.238 e. The summed E-state index contributed by atoms with van der Waals surface area (Å²) >= 11 is 5.83. The SMILES string of the molecule is NNC(=O)Cc1ccc(COCc2ccc(Cl)cc2)cc1. The summed E-state index contributed by atoms with van der Waals surface area (Å²) in [6, 6.07) is 15.3. The molecule has 3 N–H and O–H groups in total. The molecule has 5 heteroatoms. The van der Waals surface area contributed by atoms with Crippen LogP contribution in [0.4, 0.5) is 0 Å². The quantitative estimate of drug-likeness (QED) is 0.490. The molecule has 0 aromatic heterocycles. The standard InChI is InChI=1S/C16H17ClN2O2/c17-15-7-5-14(6-8-15)11-21-10-13-3-1-12(2-4-13)9-16(20)19-18/h1-8H,9-11,18H2,(H,19,20). The summed E-state index contributed by atoms with van der Waals surface area (Å²) in [6.45, 7) is 1.06. The summed E-state index contributed by atoms with van der Waals surface area (Å²) in [5, 5.41) is 0.718. The molecule has 0 saturated heterocycles. The van der Waals surface area contributed by atoms with Crippen molar-refractivity contribution in [3.05, 3.63) is 70.2 Å². The zero-order valence-electron chi connectivity index (χ0n) is 11.5. The highest BCUT2D eigenvalue weighted by Gasteiger charge is 2.01. The first-order valence-electron chi connectivity index (χ1n) is 6.57. The molecule has 2 aromatic rings. The van der Waals surface area contributed by atoms with Crippen LogP contribution in [0.5, 0.6) is 0 Å². The van der Waals surface area contributed by atoms with Gasteiger partial charge in [0, 0.05) is 5.02 Å². The molecule has 0 spiro atoms. The Morgan fingerprint density at radius 1 is 0.952 bits per heavy atom. The van der Waals surface area contributed by atoms with Gasteiger partial charge in [-0.1, -0.05) is 48.0 Å². The number of nitrogens with one attached hydrogen (secondary N) is 1. The average Bonchev–Trinajstić information content (AvgIpc) is 2.51. The number of hydrazine groups is 1. The summed E-state index contributed by atoms with van der Waals surface area (Å²) in [7, 11) is 0. The first-order chi connectivity index (χ1) is 10.2. The maximum Gasteiger partial charge on any atom is 0.238 e. The third-order valence-corrected chi connectivity index (χ3v) is 3.25. The largest absolute Gasteiger partial charge is 0.372 e. The van der Waals surface area contributed by atoms with Gasteiger partial charge in [0.25, 0.3) is 0 Å². The monoisotopic (exact) mass is 304 g/mol. The van der Waals surface area contributed by atoms with Gasteiger partial charge in [-0.2, -0.15) is 0 Å². The van der Waals surface area contributed by atoms with Crippen LogP contribution in [-0.4, -0.2) is 5.91 Å². The Labute approximate surface area is 128 Å². The summed E-state index contributed by atoms with van der Waals surface area (Å²) in [4.78, 5) is 11.1. The van der Waals surface area contributed by atoms with Gasteiger partial charge in [-0.15, -0.1) is 0 Å². The van der Waals surface area contributed by atoms with E-state index in [0.29, 0.717) is 13.2 Å². The molecule has 0 aliphatic carbocycles. The zero-order valence-corrected chi connectivity index (χ0v) is 12.3. The third-order valence-electron chi connectivity index (χ3n) is 3.00. The molecule has 110 valence electrons. The van der Waals surface area contributed by atoms with Crippen molar-refractivity contribution < 1.29 is 9.53 Å². The Balaban J connectivity index is 1.80. The number of hydrogen-bond donors (Lipinski definition) is 2. The summed E-state index contributed by atoms with van der Waals surface area (Å²) < 4.78 is 5.65. The Morgan fingerprint density at radius 2 is 1.43 bits per heavy atom. The van der Waals surface area contributed by atoms with E-state index in [0.717, 1.165) is 21.7 Å². The molecule has 0 unspecified atom stereocenters. The van der Waals surface area contributed by atoms with E-state index in [1.165, 1.54) is 0 Å². The molecule has 0 aliphatic rings. The fourth-order valence-electron chi connectivity index (χ4n) is 1.86. The molecule has 2 aromatic carbocycles. The molecule has 4 nitrogen and oxygen atoms in total. The van der Waals surface area contributed by atoms with Gasteiger partial charge < -0.3 is 4.74 Å². The summed E-state index contributed by atoms with van der Waals surface area (Å²) in [5.41, 5.74) is 5.16. The molecular weight excluding hydrogens is 288 g/mol. The maximum absolute atomic E-state index is 11.1. The number of rotatable bonds is 6. The van der Waals surface area contributed by atoms with Crippen molar-refractivity contribution in [2.75, 3.05) is 0 Å². The van der Waals surface area contributed by atoms with Gasteiger partial charge in [-0.3, -0.25) is 10.2 Å². The van der Waals surface area contributed by atoms with Crippen molar-refractivity contribution in [3.63, 3.8) is 0 Å². The van der Waals surface area contributed by atoms with E-state index in [2.05, 4.69) is 5.43 Å². The highest BCUT2D eigenvalue weighted by atomic mass is 35.5. The second kappa shape index (κ2) is 7.78. The highest BCUT2D eigenvalue weighted by Crippen LogP contribution is 2.12. The van der Waals surface area contributed by atoms with E-state index >= 15 is 0 Å². The Kier molecular flexibility index (Phi) is 5.75. The normalized spacial score (nSPS) is 10.4. The minimum absolute atomic E-state index is 0.207. The van der Waals surface area contributed by atoms with E-state index in [1.807, 2.05) is 48.5 Å². The van der Waals surface area contributed by atoms with E-state index in [1.54, 1.807) is 0 Å². The van der Waals surface area contributed by atoms with Gasteiger partial charge in [0.15, 0.2) is 0 Å². The third kappa shape index (κ3) is 5.19. The van der Waals surface area contributed by atoms with Crippen LogP contribution >= 0.6 is 11.6 Å². The molecule has 0 fully saturated rings. The second-order valence-corrected chi connectivity index (χ2v) is 5.12. The number of hydrogen-bond acceptors (Lipinski definition) is 3. The van der Waals surface area contributed by atoms with Gasteiger partial charge in [-0.25, -0.2) is 5.84 Å². The molecule has 1 amide bonds. The van der Waals surface area contributed by atoms with Gasteiger partial charge in [0.05, 0.1) is 19.6 Å². The number of ether oxygens (including phenoxy) is 1. The number of amides is 1. The molecular formula is C16H17ClN2O2. The van der Waals surface area contributed by atoms with Crippen LogP contribution in [0.2, 0.25) is 5.02 Å². The average molecular weight is 305 g/mol. The minimum Gasteiger partial charge on any atom is -0.372 e. The summed E-state index contributed by atoms with van der Waals surface area (Å²) in [5.74, 6) is 4.85. The van der Waals surface area contributed by atoms with E-state index in [4.69, 9.17) is 22.2 Å². The highest BCUT2D eigenvalue weighted by molar-refractivity contribution is 6.30. The molecule has 0 saturated carbocycles. The number of nitrogens with two attached hydrogens (primary N) is 1. The molecule has 21 heavy (non-hydrogen) atoms. The van der Waals surface area contributed by atoms with Crippen LogP contribution in [0.15, 0.2) is 48.5 Å². The lowest BCUT2D eigenvalue weighted by Gasteiger charge is -2.06.